The molecule has 0 amide bonds. The minimum Gasteiger partial charge on any atom is -0.285 e. The zero-order chi connectivity index (χ0) is 13.4. The van der Waals surface area contributed by atoms with Crippen LogP contribution in [-0.2, 0) is 14.1 Å². The van der Waals surface area contributed by atoms with Gasteiger partial charge in [-0.3, -0.25) is 9.36 Å². The molecule has 1 aromatic heterocycles. The van der Waals surface area contributed by atoms with Crippen molar-refractivity contribution < 1.29 is 0 Å². The second-order valence-electron chi connectivity index (χ2n) is 3.75. The summed E-state index contributed by atoms with van der Waals surface area (Å²) in [6.45, 7) is 0. The van der Waals surface area contributed by atoms with Crippen molar-refractivity contribution in [2.24, 2.45) is 14.1 Å². The van der Waals surface area contributed by atoms with Gasteiger partial charge in [0.25, 0.3) is 5.56 Å². The molecule has 2 rings (SSSR count). The fraction of sp³-hybridized carbons (Fsp3) is 0.182. The van der Waals surface area contributed by atoms with E-state index in [0.717, 1.165) is 0 Å². The summed E-state index contributed by atoms with van der Waals surface area (Å²) in [6, 6.07) is 4.93. The summed E-state index contributed by atoms with van der Waals surface area (Å²) in [5, 5.41) is 4.96. The van der Waals surface area contributed by atoms with Gasteiger partial charge in [-0.15, -0.1) is 0 Å². The fourth-order valence-electron chi connectivity index (χ4n) is 1.52. The highest BCUT2D eigenvalue weighted by atomic mass is 35.5. The number of aryl methyl sites for hydroxylation is 1. The van der Waals surface area contributed by atoms with Gasteiger partial charge in [0.1, 0.15) is 0 Å². The van der Waals surface area contributed by atoms with Crippen LogP contribution in [0.5, 0.6) is 0 Å². The Morgan fingerprint density at radius 1 is 1.22 bits per heavy atom. The van der Waals surface area contributed by atoms with Crippen molar-refractivity contribution in [2.75, 3.05) is 0 Å². The lowest BCUT2D eigenvalue weighted by Gasteiger charge is -2.07. The zero-order valence-electron chi connectivity index (χ0n) is 9.65. The largest absolute Gasteiger partial charge is 0.285 e. The summed E-state index contributed by atoms with van der Waals surface area (Å²) in [5.41, 5.74) is 0.624. The molecule has 0 unspecified atom stereocenters. The number of benzene rings is 1. The summed E-state index contributed by atoms with van der Waals surface area (Å²) >= 11 is 16.8. The molecule has 0 aliphatic carbocycles. The Balaban J connectivity index is 2.76. The van der Waals surface area contributed by atoms with E-state index in [1.54, 1.807) is 32.3 Å². The van der Waals surface area contributed by atoms with Gasteiger partial charge in [0.15, 0.2) is 10.5 Å². The Bertz CT molecular complexity index is 736. The smallest absolute Gasteiger partial charge is 0.280 e. The Morgan fingerprint density at radius 3 is 2.50 bits per heavy atom. The summed E-state index contributed by atoms with van der Waals surface area (Å²) in [5.74, 6) is 0. The molecule has 0 N–H and O–H groups in total. The summed E-state index contributed by atoms with van der Waals surface area (Å²) in [7, 11) is 3.29. The van der Waals surface area contributed by atoms with Gasteiger partial charge >= 0.3 is 0 Å². The van der Waals surface area contributed by atoms with Gasteiger partial charge in [0, 0.05) is 19.7 Å². The van der Waals surface area contributed by atoms with Crippen LogP contribution in [0.25, 0.3) is 11.3 Å². The van der Waals surface area contributed by atoms with Crippen molar-refractivity contribution in [1.29, 1.82) is 0 Å². The third kappa shape index (κ3) is 2.21. The summed E-state index contributed by atoms with van der Waals surface area (Å²) in [6.07, 6.45) is 0. The fourth-order valence-corrected chi connectivity index (χ4v) is 1.94. The van der Waals surface area contributed by atoms with Crippen LogP contribution < -0.4 is 5.56 Å². The van der Waals surface area contributed by atoms with Gasteiger partial charge in [-0.1, -0.05) is 29.3 Å². The average Bonchev–Trinajstić information content (AvgIpc) is 2.35. The van der Waals surface area contributed by atoms with Crippen LogP contribution in [0, 0.1) is 4.77 Å². The molecule has 0 bridgehead atoms. The van der Waals surface area contributed by atoms with E-state index < -0.39 is 0 Å². The molecule has 0 atom stereocenters. The summed E-state index contributed by atoms with van der Waals surface area (Å²) < 4.78 is 3.18. The molecule has 0 saturated carbocycles. The number of hydrogen-bond acceptors (Lipinski definition) is 3. The first-order chi connectivity index (χ1) is 8.41. The van der Waals surface area contributed by atoms with Crippen molar-refractivity contribution in [1.82, 2.24) is 14.3 Å². The molecule has 0 fully saturated rings. The lowest BCUT2D eigenvalue weighted by atomic mass is 10.1. The number of halogens is 2. The van der Waals surface area contributed by atoms with Crippen LogP contribution in [0.3, 0.4) is 0 Å². The van der Waals surface area contributed by atoms with Crippen molar-refractivity contribution in [3.8, 4) is 11.3 Å². The number of hydrogen-bond donors (Lipinski definition) is 0. The van der Waals surface area contributed by atoms with Gasteiger partial charge in [0.05, 0.1) is 10.0 Å². The molecule has 0 spiro atoms. The average molecular weight is 302 g/mol. The Morgan fingerprint density at radius 2 is 1.89 bits per heavy atom. The quantitative estimate of drug-likeness (QED) is 0.761. The minimum absolute atomic E-state index is 0.267. The molecule has 0 aliphatic rings. The summed E-state index contributed by atoms with van der Waals surface area (Å²) in [4.78, 5) is 12.1. The molecular formula is C11H9Cl2N3OS. The third-order valence-corrected chi connectivity index (χ3v) is 3.79. The monoisotopic (exact) mass is 301 g/mol. The van der Waals surface area contributed by atoms with Gasteiger partial charge in [-0.25, -0.2) is 4.68 Å². The molecule has 1 aromatic carbocycles. The highest BCUT2D eigenvalue weighted by Crippen LogP contribution is 2.26. The Kier molecular flexibility index (Phi) is 3.56. The molecule has 0 aliphatic heterocycles. The van der Waals surface area contributed by atoms with E-state index in [2.05, 4.69) is 5.10 Å². The van der Waals surface area contributed by atoms with Gasteiger partial charge < -0.3 is 0 Å². The third-order valence-electron chi connectivity index (χ3n) is 2.51. The maximum atomic E-state index is 12.1. The number of rotatable bonds is 1. The van der Waals surface area contributed by atoms with E-state index in [9.17, 15) is 4.79 Å². The molecule has 4 nitrogen and oxygen atoms in total. The normalized spacial score (nSPS) is 10.7. The van der Waals surface area contributed by atoms with Crippen LogP contribution in [0.2, 0.25) is 10.0 Å². The van der Waals surface area contributed by atoms with Crippen molar-refractivity contribution in [3.63, 3.8) is 0 Å². The van der Waals surface area contributed by atoms with Gasteiger partial charge in [-0.2, -0.15) is 5.10 Å². The second kappa shape index (κ2) is 4.84. The highest BCUT2D eigenvalue weighted by Gasteiger charge is 2.10. The topological polar surface area (TPSA) is 39.8 Å². The van der Waals surface area contributed by atoms with Crippen LogP contribution >= 0.6 is 35.4 Å². The van der Waals surface area contributed by atoms with Crippen LogP contribution in [-0.4, -0.2) is 14.3 Å². The molecule has 94 valence electrons. The van der Waals surface area contributed by atoms with Crippen LogP contribution in [0.1, 0.15) is 0 Å². The van der Waals surface area contributed by atoms with E-state index in [1.807, 2.05) is 0 Å². The molecule has 1 heterocycles. The van der Waals surface area contributed by atoms with Crippen LogP contribution in [0.4, 0.5) is 0 Å². The van der Waals surface area contributed by atoms with Crippen LogP contribution in [0.15, 0.2) is 23.0 Å². The first-order valence-electron chi connectivity index (χ1n) is 5.01. The molecule has 7 heteroatoms. The first-order valence-corrected chi connectivity index (χ1v) is 6.18. The Hall–Kier alpha value is -1.17. The molecular weight excluding hydrogens is 293 g/mol. The molecule has 0 radical (unpaired) electrons. The van der Waals surface area contributed by atoms with E-state index in [0.29, 0.717) is 20.4 Å². The van der Waals surface area contributed by atoms with Crippen molar-refractivity contribution in [2.45, 2.75) is 0 Å². The SMILES string of the molecule is Cn1nc(-c2ccc(Cl)c(Cl)c2)c(=O)n(C)c1=S. The predicted molar refractivity (Wildman–Crippen MR) is 74.7 cm³/mol. The predicted octanol–water partition coefficient (Wildman–Crippen LogP) is 2.82. The number of aromatic nitrogens is 3. The maximum absolute atomic E-state index is 12.1. The van der Waals surface area contributed by atoms with Gasteiger partial charge in [0.2, 0.25) is 0 Å². The molecule has 2 aromatic rings. The van der Waals surface area contributed by atoms with Crippen molar-refractivity contribution in [3.05, 3.63) is 43.4 Å². The minimum atomic E-state index is -0.267. The van der Waals surface area contributed by atoms with Gasteiger partial charge in [-0.05, 0) is 24.4 Å². The zero-order valence-corrected chi connectivity index (χ0v) is 12.0. The number of nitrogens with zero attached hydrogens (tertiary/aromatic N) is 3. The van der Waals surface area contributed by atoms with E-state index in [-0.39, 0.29) is 11.3 Å². The standard InChI is InChI=1S/C11H9Cl2N3OS/c1-15-10(17)9(14-16(2)11(15)18)6-3-4-7(12)8(13)5-6/h3-5H,1-2H3. The van der Waals surface area contributed by atoms with E-state index >= 15 is 0 Å². The maximum Gasteiger partial charge on any atom is 0.280 e. The lowest BCUT2D eigenvalue weighted by Crippen LogP contribution is -2.25. The highest BCUT2D eigenvalue weighted by molar-refractivity contribution is 7.71. The van der Waals surface area contributed by atoms with E-state index in [1.165, 1.54) is 9.25 Å². The molecule has 18 heavy (non-hydrogen) atoms. The second-order valence-corrected chi connectivity index (χ2v) is 4.93. The Labute approximate surface area is 118 Å². The van der Waals surface area contributed by atoms with E-state index in [4.69, 9.17) is 35.4 Å². The first kappa shape index (κ1) is 13.3. The van der Waals surface area contributed by atoms with Crippen molar-refractivity contribution >= 4 is 35.4 Å². The molecule has 0 saturated heterocycles. The lowest BCUT2D eigenvalue weighted by molar-refractivity contribution is 0.632.